The van der Waals surface area contributed by atoms with Gasteiger partial charge in [-0.25, -0.2) is 0 Å². The minimum Gasteiger partial charge on any atom is -0.144 e. The lowest BCUT2D eigenvalue weighted by Gasteiger charge is -2.14. The quantitative estimate of drug-likeness (QED) is 0.745. The van der Waals surface area contributed by atoms with Crippen molar-refractivity contribution in [1.29, 1.82) is 0 Å². The number of hydrogen-bond acceptors (Lipinski definition) is 3. The lowest BCUT2D eigenvalue weighted by Crippen LogP contribution is -2.08. The van der Waals surface area contributed by atoms with E-state index in [0.29, 0.717) is 11.3 Å². The van der Waals surface area contributed by atoms with Crippen LogP contribution >= 0.6 is 22.9 Å². The van der Waals surface area contributed by atoms with Crippen molar-refractivity contribution in [3.63, 3.8) is 0 Å². The molecular weight excluding hydrogens is 216 g/mol. The summed E-state index contributed by atoms with van der Waals surface area (Å²) in [5.41, 5.74) is 0.295. The lowest BCUT2D eigenvalue weighted by atomic mass is 9.93. The van der Waals surface area contributed by atoms with E-state index in [2.05, 4.69) is 31.0 Å². The maximum atomic E-state index is 5.62. The van der Waals surface area contributed by atoms with Crippen LogP contribution in [-0.4, -0.2) is 16.1 Å². The molecule has 14 heavy (non-hydrogen) atoms. The molecule has 0 saturated carbocycles. The molecule has 0 aliphatic rings. The normalized spacial score (nSPS) is 12.0. The van der Waals surface area contributed by atoms with Crippen LogP contribution in [0.3, 0.4) is 0 Å². The Hall–Kier alpha value is -0.150. The zero-order valence-corrected chi connectivity index (χ0v) is 10.6. The fourth-order valence-electron chi connectivity index (χ4n) is 1.13. The van der Waals surface area contributed by atoms with Gasteiger partial charge in [0.15, 0.2) is 0 Å². The fraction of sp³-hybridized carbons (Fsp3) is 0.800. The van der Waals surface area contributed by atoms with E-state index in [1.54, 1.807) is 11.3 Å². The minimum atomic E-state index is 0.295. The van der Waals surface area contributed by atoms with Gasteiger partial charge in [-0.05, 0) is 11.8 Å². The van der Waals surface area contributed by atoms with Gasteiger partial charge >= 0.3 is 0 Å². The van der Waals surface area contributed by atoms with Crippen molar-refractivity contribution in [2.45, 2.75) is 40.0 Å². The summed E-state index contributed by atoms with van der Waals surface area (Å²) in [5, 5.41) is 10.6. The Labute approximate surface area is 94.7 Å². The molecule has 4 heteroatoms. The highest BCUT2D eigenvalue weighted by molar-refractivity contribution is 7.11. The predicted octanol–water partition coefficient (Wildman–Crippen LogP) is 3.30. The van der Waals surface area contributed by atoms with Gasteiger partial charge in [0.2, 0.25) is 0 Å². The Morgan fingerprint density at radius 3 is 2.43 bits per heavy atom. The monoisotopic (exact) mass is 232 g/mol. The van der Waals surface area contributed by atoms with Crippen LogP contribution in [0.25, 0.3) is 0 Å². The summed E-state index contributed by atoms with van der Waals surface area (Å²) >= 11 is 7.34. The maximum absolute atomic E-state index is 5.62. The Balaban J connectivity index is 2.51. The summed E-state index contributed by atoms with van der Waals surface area (Å²) in [4.78, 5) is 0. The summed E-state index contributed by atoms with van der Waals surface area (Å²) in [6, 6.07) is 0. The van der Waals surface area contributed by atoms with Crippen molar-refractivity contribution in [1.82, 2.24) is 10.2 Å². The Morgan fingerprint density at radius 2 is 1.86 bits per heavy atom. The molecule has 2 nitrogen and oxygen atoms in total. The molecule has 0 spiro atoms. The van der Waals surface area contributed by atoms with E-state index in [1.807, 2.05) is 0 Å². The third kappa shape index (κ3) is 4.38. The van der Waals surface area contributed by atoms with Crippen molar-refractivity contribution < 1.29 is 0 Å². The first-order valence-corrected chi connectivity index (χ1v) is 6.23. The molecule has 1 heterocycles. The summed E-state index contributed by atoms with van der Waals surface area (Å²) in [6.07, 6.45) is 2.96. The topological polar surface area (TPSA) is 25.8 Å². The average Bonchev–Trinajstić information content (AvgIpc) is 2.46. The van der Waals surface area contributed by atoms with E-state index >= 15 is 0 Å². The number of halogens is 1. The Kier molecular flexibility index (Phi) is 4.32. The van der Waals surface area contributed by atoms with Gasteiger partial charge in [0.05, 0.1) is 0 Å². The molecule has 0 atom stereocenters. The first kappa shape index (κ1) is 11.9. The molecule has 0 bridgehead atoms. The van der Waals surface area contributed by atoms with Crippen LogP contribution in [0.5, 0.6) is 0 Å². The molecule has 1 aromatic rings. The van der Waals surface area contributed by atoms with E-state index in [1.165, 1.54) is 0 Å². The van der Waals surface area contributed by atoms with Crippen molar-refractivity contribution in [3.8, 4) is 0 Å². The number of aryl methyl sites for hydroxylation is 1. The second-order valence-corrected chi connectivity index (χ2v) is 6.14. The third-order valence-electron chi connectivity index (χ3n) is 1.71. The summed E-state index contributed by atoms with van der Waals surface area (Å²) in [6.45, 7) is 6.65. The largest absolute Gasteiger partial charge is 0.144 e. The standard InChI is InChI=1S/C10H17ClN2S/c1-10(2,3)7-9-13-12-8(14-9)5-4-6-11/h4-7H2,1-3H3. The van der Waals surface area contributed by atoms with Gasteiger partial charge in [-0.1, -0.05) is 20.8 Å². The molecule has 0 unspecified atom stereocenters. The second-order valence-electron chi connectivity index (χ2n) is 4.62. The number of nitrogens with zero attached hydrogens (tertiary/aromatic N) is 2. The highest BCUT2D eigenvalue weighted by Crippen LogP contribution is 2.23. The molecule has 0 N–H and O–H groups in total. The molecule has 0 aromatic carbocycles. The predicted molar refractivity (Wildman–Crippen MR) is 62.1 cm³/mol. The van der Waals surface area contributed by atoms with Crippen LogP contribution in [0.2, 0.25) is 0 Å². The van der Waals surface area contributed by atoms with E-state index in [-0.39, 0.29) is 0 Å². The first-order chi connectivity index (χ1) is 6.51. The molecule has 0 aliphatic carbocycles. The zero-order valence-electron chi connectivity index (χ0n) is 9.01. The summed E-state index contributed by atoms with van der Waals surface area (Å²) < 4.78 is 0. The van der Waals surface area contributed by atoms with Crippen molar-refractivity contribution in [2.75, 3.05) is 5.88 Å². The van der Waals surface area contributed by atoms with E-state index < -0.39 is 0 Å². The van der Waals surface area contributed by atoms with Crippen LogP contribution in [0, 0.1) is 5.41 Å². The number of aromatic nitrogens is 2. The SMILES string of the molecule is CC(C)(C)Cc1nnc(CCCCl)s1. The maximum Gasteiger partial charge on any atom is 0.117 e. The highest BCUT2D eigenvalue weighted by Gasteiger charge is 2.14. The van der Waals surface area contributed by atoms with Crippen molar-refractivity contribution in [3.05, 3.63) is 10.0 Å². The number of hydrogen-bond donors (Lipinski definition) is 0. The summed E-state index contributed by atoms with van der Waals surface area (Å²) in [5.74, 6) is 0.703. The first-order valence-electron chi connectivity index (χ1n) is 4.88. The molecule has 1 rings (SSSR count). The van der Waals surface area contributed by atoms with Gasteiger partial charge in [-0.2, -0.15) is 0 Å². The molecule has 0 saturated heterocycles. The zero-order chi connectivity index (χ0) is 10.6. The van der Waals surface area contributed by atoms with Crippen LogP contribution in [0.1, 0.15) is 37.2 Å². The summed E-state index contributed by atoms with van der Waals surface area (Å²) in [7, 11) is 0. The van der Waals surface area contributed by atoms with Gasteiger partial charge < -0.3 is 0 Å². The van der Waals surface area contributed by atoms with Gasteiger partial charge in [0.1, 0.15) is 10.0 Å². The Morgan fingerprint density at radius 1 is 1.21 bits per heavy atom. The average molecular weight is 233 g/mol. The number of alkyl halides is 1. The van der Waals surface area contributed by atoms with E-state index in [9.17, 15) is 0 Å². The van der Waals surface area contributed by atoms with Crippen molar-refractivity contribution in [2.24, 2.45) is 5.41 Å². The molecule has 0 aliphatic heterocycles. The smallest absolute Gasteiger partial charge is 0.117 e. The van der Waals surface area contributed by atoms with Gasteiger partial charge in [-0.3, -0.25) is 0 Å². The van der Waals surface area contributed by atoms with E-state index in [4.69, 9.17) is 11.6 Å². The lowest BCUT2D eigenvalue weighted by molar-refractivity contribution is 0.409. The minimum absolute atomic E-state index is 0.295. The van der Waals surface area contributed by atoms with Gasteiger partial charge in [0, 0.05) is 18.7 Å². The molecule has 0 radical (unpaired) electrons. The van der Waals surface area contributed by atoms with Crippen LogP contribution in [-0.2, 0) is 12.8 Å². The van der Waals surface area contributed by atoms with E-state index in [0.717, 1.165) is 29.3 Å². The van der Waals surface area contributed by atoms with Crippen molar-refractivity contribution >= 4 is 22.9 Å². The molecule has 1 aromatic heterocycles. The van der Waals surface area contributed by atoms with Gasteiger partial charge in [0.25, 0.3) is 0 Å². The van der Waals surface area contributed by atoms with Gasteiger partial charge in [-0.15, -0.1) is 33.1 Å². The third-order valence-corrected chi connectivity index (χ3v) is 2.96. The van der Waals surface area contributed by atoms with Crippen LogP contribution < -0.4 is 0 Å². The van der Waals surface area contributed by atoms with Crippen LogP contribution in [0.4, 0.5) is 0 Å². The number of rotatable bonds is 4. The highest BCUT2D eigenvalue weighted by atomic mass is 35.5. The second kappa shape index (κ2) is 5.08. The fourth-order valence-corrected chi connectivity index (χ4v) is 2.45. The Bertz CT molecular complexity index is 278. The van der Waals surface area contributed by atoms with Crippen LogP contribution in [0.15, 0.2) is 0 Å². The molecule has 80 valence electrons. The molecule has 0 fully saturated rings. The molecule has 0 amide bonds. The molecular formula is C10H17ClN2S.